The van der Waals surface area contributed by atoms with Gasteiger partial charge in [0.25, 0.3) is 11.8 Å². The van der Waals surface area contributed by atoms with Crippen LogP contribution in [-0.2, 0) is 0 Å². The lowest BCUT2D eigenvalue weighted by Crippen LogP contribution is -2.58. The second-order valence-corrected chi connectivity index (χ2v) is 10.6. The van der Waals surface area contributed by atoms with Gasteiger partial charge < -0.3 is 15.8 Å². The number of benzene rings is 2. The summed E-state index contributed by atoms with van der Waals surface area (Å²) in [6.45, 7) is -2.79. The van der Waals surface area contributed by atoms with Crippen LogP contribution in [0.25, 0.3) is 16.8 Å². The lowest BCUT2D eigenvalue weighted by atomic mass is 9.53. The van der Waals surface area contributed by atoms with Crippen LogP contribution in [0, 0.1) is 16.7 Å². The first-order chi connectivity index (χ1) is 19.7. The maximum Gasteiger partial charge on any atom is 0.333 e. The maximum absolute atomic E-state index is 13.0. The Morgan fingerprint density at radius 2 is 1.85 bits per heavy atom. The minimum atomic E-state index is -2.79. The van der Waals surface area contributed by atoms with E-state index in [-0.39, 0.29) is 46.0 Å². The van der Waals surface area contributed by atoms with Gasteiger partial charge in [-0.2, -0.15) is 19.1 Å². The highest BCUT2D eigenvalue weighted by molar-refractivity contribution is 5.96. The molecule has 2 saturated carbocycles. The summed E-state index contributed by atoms with van der Waals surface area (Å²) in [5.74, 6) is -0.749. The van der Waals surface area contributed by atoms with Crippen LogP contribution >= 0.6 is 0 Å². The molecule has 2 amide bonds. The highest BCUT2D eigenvalue weighted by atomic mass is 19.3. The SMILES string of the molecule is N#Cc1cc(C(=O)N[C@H]2CC3(C2)C[C@H](Oc2nn(-c4ccccc4)cc2C(N)=O)C3)cc(-c2cnn(C(F)F)c2)c1. The lowest BCUT2D eigenvalue weighted by Gasteiger charge is -2.57. The standard InChI is InChI=1S/C29H25F2N7O3/c30-28(31)38-15-20(14-34-38)18-6-17(13-32)7-19(8-18)26(40)35-21-9-29(10-21)11-23(12-29)41-27-24(25(33)39)16-37(36-27)22-4-2-1-3-5-22/h1-8,14-16,21,23,28H,9-12H2,(H2,33,39)(H,35,40)/t21-,23-,29?. The number of ether oxygens (including phenoxy) is 1. The second-order valence-electron chi connectivity index (χ2n) is 10.6. The molecule has 0 aliphatic heterocycles. The van der Waals surface area contributed by atoms with Crippen LogP contribution in [0.1, 0.15) is 58.5 Å². The Bertz CT molecular complexity index is 1660. The first-order valence-electron chi connectivity index (χ1n) is 13.0. The van der Waals surface area contributed by atoms with Crippen molar-refractivity contribution < 1.29 is 23.1 Å². The van der Waals surface area contributed by atoms with Crippen LogP contribution in [0.15, 0.2) is 67.1 Å². The Kier molecular flexibility index (Phi) is 6.49. The molecule has 12 heteroatoms. The van der Waals surface area contributed by atoms with Crippen molar-refractivity contribution in [3.63, 3.8) is 0 Å². The Balaban J connectivity index is 1.06. The van der Waals surface area contributed by atoms with E-state index >= 15 is 0 Å². The molecule has 2 heterocycles. The van der Waals surface area contributed by atoms with Gasteiger partial charge in [-0.1, -0.05) is 18.2 Å². The molecule has 41 heavy (non-hydrogen) atoms. The van der Waals surface area contributed by atoms with E-state index < -0.39 is 12.5 Å². The molecule has 0 atom stereocenters. The third kappa shape index (κ3) is 5.14. The van der Waals surface area contributed by atoms with Crippen molar-refractivity contribution in [2.75, 3.05) is 0 Å². The van der Waals surface area contributed by atoms with E-state index in [1.807, 2.05) is 36.4 Å². The predicted molar refractivity (Wildman–Crippen MR) is 142 cm³/mol. The highest BCUT2D eigenvalue weighted by Gasteiger charge is 2.54. The summed E-state index contributed by atoms with van der Waals surface area (Å²) >= 11 is 0. The average molecular weight is 558 g/mol. The van der Waals surface area contributed by atoms with Gasteiger partial charge in [-0.05, 0) is 67.0 Å². The minimum Gasteiger partial charge on any atom is -0.473 e. The molecule has 10 nitrogen and oxygen atoms in total. The van der Waals surface area contributed by atoms with Crippen LogP contribution < -0.4 is 15.8 Å². The number of halogens is 2. The smallest absolute Gasteiger partial charge is 0.333 e. The molecule has 6 rings (SSSR count). The number of alkyl halides is 2. The highest BCUT2D eigenvalue weighted by Crippen LogP contribution is 2.56. The van der Waals surface area contributed by atoms with Crippen molar-refractivity contribution in [2.24, 2.45) is 11.1 Å². The molecular formula is C29H25F2N7O3. The summed E-state index contributed by atoms with van der Waals surface area (Å²) in [6.07, 6.45) is 6.95. The minimum absolute atomic E-state index is 0.0427. The zero-order valence-corrected chi connectivity index (χ0v) is 21.7. The molecule has 2 aliphatic carbocycles. The van der Waals surface area contributed by atoms with E-state index in [0.717, 1.165) is 31.4 Å². The van der Waals surface area contributed by atoms with Gasteiger partial charge in [0.1, 0.15) is 11.7 Å². The van der Waals surface area contributed by atoms with Crippen molar-refractivity contribution in [1.29, 1.82) is 5.26 Å². The average Bonchev–Trinajstić information content (AvgIpc) is 3.59. The van der Waals surface area contributed by atoms with E-state index in [1.54, 1.807) is 16.9 Å². The summed E-state index contributed by atoms with van der Waals surface area (Å²) in [4.78, 5) is 25.0. The first kappa shape index (κ1) is 26.2. The summed E-state index contributed by atoms with van der Waals surface area (Å²) in [5.41, 5.74) is 7.94. The van der Waals surface area contributed by atoms with Crippen LogP contribution in [0.2, 0.25) is 0 Å². The van der Waals surface area contributed by atoms with E-state index in [2.05, 4.69) is 15.5 Å². The van der Waals surface area contributed by atoms with E-state index in [1.165, 1.54) is 24.5 Å². The summed E-state index contributed by atoms with van der Waals surface area (Å²) in [5, 5.41) is 20.5. The van der Waals surface area contributed by atoms with Gasteiger partial charge in [0.05, 0.1) is 23.5 Å². The van der Waals surface area contributed by atoms with Crippen molar-refractivity contribution in [3.05, 3.63) is 83.8 Å². The van der Waals surface area contributed by atoms with E-state index in [0.29, 0.717) is 15.8 Å². The third-order valence-electron chi connectivity index (χ3n) is 7.72. The lowest BCUT2D eigenvalue weighted by molar-refractivity contribution is -0.0848. The molecule has 0 bridgehead atoms. The molecule has 0 radical (unpaired) electrons. The number of nitrogens with one attached hydrogen (secondary N) is 1. The number of para-hydroxylation sites is 1. The number of carbonyl (C=O) groups is 2. The monoisotopic (exact) mass is 557 g/mol. The molecule has 0 unspecified atom stereocenters. The van der Waals surface area contributed by atoms with Crippen molar-refractivity contribution >= 4 is 11.8 Å². The Labute approximate surface area is 233 Å². The Hall–Kier alpha value is -5.05. The summed E-state index contributed by atoms with van der Waals surface area (Å²) < 4.78 is 34.0. The molecule has 2 fully saturated rings. The summed E-state index contributed by atoms with van der Waals surface area (Å²) in [6, 6.07) is 15.9. The zero-order chi connectivity index (χ0) is 28.7. The van der Waals surface area contributed by atoms with Crippen LogP contribution in [0.4, 0.5) is 8.78 Å². The van der Waals surface area contributed by atoms with Gasteiger partial charge in [0, 0.05) is 29.6 Å². The number of carbonyl (C=O) groups excluding carboxylic acids is 2. The topological polar surface area (TPSA) is 141 Å². The second kappa shape index (κ2) is 10.2. The maximum atomic E-state index is 13.0. The number of aromatic nitrogens is 4. The van der Waals surface area contributed by atoms with E-state index in [9.17, 15) is 23.6 Å². The Morgan fingerprint density at radius 3 is 2.51 bits per heavy atom. The van der Waals surface area contributed by atoms with Gasteiger partial charge in [-0.15, -0.1) is 5.10 Å². The molecule has 208 valence electrons. The summed E-state index contributed by atoms with van der Waals surface area (Å²) in [7, 11) is 0. The molecule has 1 spiro atoms. The Morgan fingerprint density at radius 1 is 1.10 bits per heavy atom. The van der Waals surface area contributed by atoms with E-state index in [4.69, 9.17) is 10.5 Å². The fraction of sp³-hybridized carbons (Fsp3) is 0.276. The number of hydrogen-bond acceptors (Lipinski definition) is 6. The van der Waals surface area contributed by atoms with Gasteiger partial charge in [-0.3, -0.25) is 9.59 Å². The third-order valence-corrected chi connectivity index (χ3v) is 7.72. The number of nitrogens with zero attached hydrogens (tertiary/aromatic N) is 5. The van der Waals surface area contributed by atoms with Crippen molar-refractivity contribution in [2.45, 2.75) is 44.4 Å². The van der Waals surface area contributed by atoms with Gasteiger partial charge in [-0.25, -0.2) is 9.36 Å². The fourth-order valence-electron chi connectivity index (χ4n) is 5.75. The van der Waals surface area contributed by atoms with Gasteiger partial charge in [0.2, 0.25) is 5.88 Å². The fourth-order valence-corrected chi connectivity index (χ4v) is 5.75. The number of nitriles is 1. The number of primary amides is 1. The van der Waals surface area contributed by atoms with Gasteiger partial charge in [0.15, 0.2) is 0 Å². The van der Waals surface area contributed by atoms with Crippen LogP contribution in [-0.4, -0.2) is 43.5 Å². The normalized spacial score (nSPS) is 21.1. The van der Waals surface area contributed by atoms with Crippen molar-refractivity contribution in [3.8, 4) is 28.8 Å². The number of hydrogen-bond donors (Lipinski definition) is 2. The first-order valence-corrected chi connectivity index (χ1v) is 13.0. The molecule has 0 saturated heterocycles. The van der Waals surface area contributed by atoms with Gasteiger partial charge >= 0.3 is 6.55 Å². The quantitative estimate of drug-likeness (QED) is 0.332. The van der Waals surface area contributed by atoms with Crippen molar-refractivity contribution in [1.82, 2.24) is 24.9 Å². The molecule has 2 aromatic carbocycles. The molecule has 2 aromatic heterocycles. The number of amides is 2. The van der Waals surface area contributed by atoms with Crippen LogP contribution in [0.5, 0.6) is 5.88 Å². The molecule has 3 N–H and O–H groups in total. The zero-order valence-electron chi connectivity index (χ0n) is 21.7. The molecular weight excluding hydrogens is 532 g/mol. The number of rotatable bonds is 8. The predicted octanol–water partition coefficient (Wildman–Crippen LogP) is 4.22. The number of nitrogens with two attached hydrogens (primary N) is 1. The molecule has 4 aromatic rings. The molecule has 2 aliphatic rings. The largest absolute Gasteiger partial charge is 0.473 e. The van der Waals surface area contributed by atoms with Crippen LogP contribution in [0.3, 0.4) is 0 Å².